The fourth-order valence-corrected chi connectivity index (χ4v) is 3.90. The summed E-state index contributed by atoms with van der Waals surface area (Å²) < 4.78 is 11.5. The fraction of sp³-hybridized carbons (Fsp3) is 0.318. The molecule has 0 radical (unpaired) electrons. The lowest BCUT2D eigenvalue weighted by Gasteiger charge is -2.22. The Morgan fingerprint density at radius 1 is 1.13 bits per heavy atom. The maximum absolute atomic E-state index is 12.9. The number of nitrogens with one attached hydrogen (secondary N) is 2. The molecule has 2 aromatic carbocycles. The lowest BCUT2D eigenvalue weighted by Crippen LogP contribution is -2.43. The summed E-state index contributed by atoms with van der Waals surface area (Å²) in [5.74, 6) is -0.906. The molecule has 7 nitrogen and oxygen atoms in total. The van der Waals surface area contributed by atoms with Crippen LogP contribution in [0.15, 0.2) is 53.4 Å². The first-order chi connectivity index (χ1) is 14.1. The van der Waals surface area contributed by atoms with Crippen LogP contribution in [0.4, 0.5) is 4.79 Å². The minimum Gasteiger partial charge on any atom is -0.348 e. The maximum Gasteiger partial charge on any atom is 0.325 e. The van der Waals surface area contributed by atoms with Crippen LogP contribution >= 0.6 is 0 Å². The average Bonchev–Trinajstić information content (AvgIpc) is 2.92. The normalized spacial score (nSPS) is 20.6. The van der Waals surface area contributed by atoms with Crippen LogP contribution in [-0.4, -0.2) is 39.8 Å². The molecule has 8 heteroatoms. The molecule has 1 saturated heterocycles. The molecule has 1 heterocycles. The van der Waals surface area contributed by atoms with E-state index < -0.39 is 34.2 Å². The van der Waals surface area contributed by atoms with Gasteiger partial charge in [-0.15, -0.1) is 0 Å². The van der Waals surface area contributed by atoms with Gasteiger partial charge in [0.05, 0.1) is 6.04 Å². The van der Waals surface area contributed by atoms with Crippen LogP contribution in [-0.2, 0) is 25.9 Å². The van der Waals surface area contributed by atoms with Gasteiger partial charge < -0.3 is 10.6 Å². The average molecular weight is 428 g/mol. The molecule has 2 N–H and O–H groups in total. The molecule has 0 unspecified atom stereocenters. The van der Waals surface area contributed by atoms with Crippen molar-refractivity contribution in [2.24, 2.45) is 0 Å². The zero-order valence-corrected chi connectivity index (χ0v) is 18.2. The summed E-state index contributed by atoms with van der Waals surface area (Å²) in [5, 5.41) is 5.50. The van der Waals surface area contributed by atoms with Gasteiger partial charge in [0.15, 0.2) is 0 Å². The van der Waals surface area contributed by atoms with Gasteiger partial charge in [0.1, 0.15) is 12.1 Å². The van der Waals surface area contributed by atoms with E-state index in [0.717, 1.165) is 16.0 Å². The van der Waals surface area contributed by atoms with Crippen molar-refractivity contribution in [1.29, 1.82) is 0 Å². The van der Waals surface area contributed by atoms with E-state index in [2.05, 4.69) is 10.6 Å². The van der Waals surface area contributed by atoms with Gasteiger partial charge >= 0.3 is 6.03 Å². The summed E-state index contributed by atoms with van der Waals surface area (Å²) in [6, 6.07) is 13.5. The van der Waals surface area contributed by atoms with Crippen molar-refractivity contribution in [1.82, 2.24) is 15.5 Å². The Kier molecular flexibility index (Phi) is 6.07. The second kappa shape index (κ2) is 8.39. The van der Waals surface area contributed by atoms with Crippen LogP contribution in [0.2, 0.25) is 0 Å². The van der Waals surface area contributed by atoms with Crippen molar-refractivity contribution in [2.45, 2.75) is 37.2 Å². The Bertz CT molecular complexity index is 1000. The molecule has 1 fully saturated rings. The van der Waals surface area contributed by atoms with E-state index in [0.29, 0.717) is 10.5 Å². The summed E-state index contributed by atoms with van der Waals surface area (Å²) in [6.07, 6.45) is 1.60. The Hall–Kier alpha value is -3.00. The van der Waals surface area contributed by atoms with Gasteiger partial charge in [0.25, 0.3) is 5.91 Å². The summed E-state index contributed by atoms with van der Waals surface area (Å²) in [6.45, 7) is 5.01. The second-order valence-electron chi connectivity index (χ2n) is 7.62. The highest BCUT2D eigenvalue weighted by molar-refractivity contribution is 7.84. The van der Waals surface area contributed by atoms with Crippen molar-refractivity contribution in [2.75, 3.05) is 12.8 Å². The van der Waals surface area contributed by atoms with E-state index in [1.807, 2.05) is 19.1 Å². The minimum absolute atomic E-state index is 0.332. The molecule has 0 bridgehead atoms. The lowest BCUT2D eigenvalue weighted by molar-refractivity contribution is -0.135. The Balaban J connectivity index is 1.67. The van der Waals surface area contributed by atoms with E-state index in [9.17, 15) is 18.6 Å². The predicted octanol–water partition coefficient (Wildman–Crippen LogP) is 2.38. The number of carbonyl (C=O) groups is 3. The predicted molar refractivity (Wildman–Crippen MR) is 114 cm³/mol. The van der Waals surface area contributed by atoms with E-state index in [1.54, 1.807) is 56.5 Å². The number of imide groups is 1. The lowest BCUT2D eigenvalue weighted by atomic mass is 9.91. The van der Waals surface area contributed by atoms with Gasteiger partial charge in [0.2, 0.25) is 5.91 Å². The standard InChI is InChI=1S/C22H25N3O4S/c1-14-5-9-17(10-6-14)22(3)20(27)25(21(28)24-22)13-19(26)23-15(2)16-7-11-18(12-8-16)30(4)29/h5-12,15H,13H2,1-4H3,(H,23,26)(H,24,28)/t15-,22+,30+/m1/s1. The monoisotopic (exact) mass is 427 g/mol. The highest BCUT2D eigenvalue weighted by atomic mass is 32.2. The van der Waals surface area contributed by atoms with Gasteiger partial charge in [-0.2, -0.15) is 0 Å². The summed E-state index contributed by atoms with van der Waals surface area (Å²) in [4.78, 5) is 39.5. The van der Waals surface area contributed by atoms with E-state index in [1.165, 1.54) is 0 Å². The molecular weight excluding hydrogens is 402 g/mol. The fourth-order valence-electron chi connectivity index (χ4n) is 3.39. The first-order valence-electron chi connectivity index (χ1n) is 9.56. The van der Waals surface area contributed by atoms with Crippen molar-refractivity contribution < 1.29 is 18.6 Å². The maximum atomic E-state index is 12.9. The van der Waals surface area contributed by atoms with Crippen LogP contribution in [0.1, 0.15) is 36.6 Å². The quantitative estimate of drug-likeness (QED) is 0.692. The number of rotatable bonds is 6. The smallest absolute Gasteiger partial charge is 0.325 e. The molecule has 0 spiro atoms. The van der Waals surface area contributed by atoms with Gasteiger partial charge in [-0.3, -0.25) is 18.7 Å². The van der Waals surface area contributed by atoms with Crippen molar-refractivity contribution in [3.63, 3.8) is 0 Å². The molecule has 0 saturated carbocycles. The van der Waals surface area contributed by atoms with Crippen LogP contribution in [0, 0.1) is 6.92 Å². The Morgan fingerprint density at radius 2 is 1.73 bits per heavy atom. The van der Waals surface area contributed by atoms with E-state index in [-0.39, 0.29) is 12.6 Å². The van der Waals surface area contributed by atoms with Crippen molar-refractivity contribution in [3.8, 4) is 0 Å². The molecule has 4 amide bonds. The number of urea groups is 1. The molecule has 1 aliphatic rings. The first kappa shape index (κ1) is 21.7. The largest absolute Gasteiger partial charge is 0.348 e. The van der Waals surface area contributed by atoms with Gasteiger partial charge in [-0.1, -0.05) is 42.0 Å². The number of aryl methyl sites for hydroxylation is 1. The first-order valence-corrected chi connectivity index (χ1v) is 11.1. The summed E-state index contributed by atoms with van der Waals surface area (Å²) in [5.41, 5.74) is 1.33. The Labute approximate surface area is 178 Å². The third-order valence-electron chi connectivity index (χ3n) is 5.30. The zero-order chi connectivity index (χ0) is 22.1. The van der Waals surface area contributed by atoms with Crippen LogP contribution < -0.4 is 10.6 Å². The number of hydrogen-bond acceptors (Lipinski definition) is 4. The number of carbonyl (C=O) groups excluding carboxylic acids is 3. The van der Waals surface area contributed by atoms with Crippen LogP contribution in [0.3, 0.4) is 0 Å². The highest BCUT2D eigenvalue weighted by Crippen LogP contribution is 2.29. The number of nitrogens with zero attached hydrogens (tertiary/aromatic N) is 1. The number of amides is 4. The summed E-state index contributed by atoms with van der Waals surface area (Å²) >= 11 is 0. The van der Waals surface area contributed by atoms with E-state index in [4.69, 9.17) is 0 Å². The third-order valence-corrected chi connectivity index (χ3v) is 6.23. The molecule has 158 valence electrons. The summed E-state index contributed by atoms with van der Waals surface area (Å²) in [7, 11) is -1.07. The molecule has 0 aliphatic carbocycles. The molecule has 3 atom stereocenters. The highest BCUT2D eigenvalue weighted by Gasteiger charge is 2.49. The molecule has 2 aromatic rings. The van der Waals surface area contributed by atoms with E-state index >= 15 is 0 Å². The zero-order valence-electron chi connectivity index (χ0n) is 17.4. The molecular formula is C22H25N3O4S. The molecule has 30 heavy (non-hydrogen) atoms. The van der Waals surface area contributed by atoms with Gasteiger partial charge in [-0.05, 0) is 44.0 Å². The Morgan fingerprint density at radius 3 is 2.30 bits per heavy atom. The molecule has 0 aromatic heterocycles. The van der Waals surface area contributed by atoms with Crippen LogP contribution in [0.5, 0.6) is 0 Å². The minimum atomic E-state index is -1.21. The van der Waals surface area contributed by atoms with Gasteiger partial charge in [-0.25, -0.2) is 4.79 Å². The van der Waals surface area contributed by atoms with Crippen molar-refractivity contribution in [3.05, 3.63) is 65.2 Å². The van der Waals surface area contributed by atoms with Gasteiger partial charge in [0, 0.05) is 22.0 Å². The number of hydrogen-bond donors (Lipinski definition) is 2. The van der Waals surface area contributed by atoms with Crippen LogP contribution in [0.25, 0.3) is 0 Å². The molecule has 1 aliphatic heterocycles. The third kappa shape index (κ3) is 4.28. The SMILES string of the molecule is Cc1ccc([C@]2(C)NC(=O)N(CC(=O)N[C@H](C)c3ccc([S@](C)=O)cc3)C2=O)cc1. The topological polar surface area (TPSA) is 95.6 Å². The van der Waals surface area contributed by atoms with Crippen molar-refractivity contribution >= 4 is 28.6 Å². The second-order valence-corrected chi connectivity index (χ2v) is 9.00. The number of benzene rings is 2. The molecule has 3 rings (SSSR count).